The molecule has 0 heterocycles. The fourth-order valence-corrected chi connectivity index (χ4v) is 2.28. The van der Waals surface area contributed by atoms with E-state index in [-0.39, 0.29) is 30.1 Å². The van der Waals surface area contributed by atoms with Gasteiger partial charge in [0.15, 0.2) is 0 Å². The summed E-state index contributed by atoms with van der Waals surface area (Å²) in [6.45, 7) is -2.84. The van der Waals surface area contributed by atoms with Gasteiger partial charge in [-0.15, -0.1) is 0 Å². The van der Waals surface area contributed by atoms with E-state index in [1.807, 2.05) is 0 Å². The molecule has 2 aromatic carbocycles. The molecule has 0 spiro atoms. The Kier molecular flexibility index (Phi) is 7.83. The van der Waals surface area contributed by atoms with E-state index in [4.69, 9.17) is 0 Å². The summed E-state index contributed by atoms with van der Waals surface area (Å²) >= 11 is 0. The second kappa shape index (κ2) is 10.5. The first-order valence-corrected chi connectivity index (χ1v) is 8.44. The zero-order valence-corrected chi connectivity index (χ0v) is 15.1. The highest BCUT2D eigenvalue weighted by atomic mass is 19.3. The van der Waals surface area contributed by atoms with Crippen LogP contribution < -0.4 is 20.7 Å². The molecule has 0 saturated carbocycles. The number of nitro groups is 1. The maximum Gasteiger partial charge on any atom is 0.387 e. The number of nitro benzene ring substituents is 1. The molecular weight excluding hydrogens is 390 g/mol. The number of hydrogen-bond donors (Lipinski definition) is 3. The van der Waals surface area contributed by atoms with Crippen LogP contribution in [0.3, 0.4) is 0 Å². The lowest BCUT2D eigenvalue weighted by Crippen LogP contribution is -2.38. The number of ether oxygens (including phenoxy) is 1. The van der Waals surface area contributed by atoms with Crippen LogP contribution in [-0.2, 0) is 4.79 Å². The van der Waals surface area contributed by atoms with Gasteiger partial charge in [-0.1, -0.05) is 12.1 Å². The second-order valence-electron chi connectivity index (χ2n) is 5.64. The Morgan fingerprint density at radius 3 is 2.38 bits per heavy atom. The Morgan fingerprint density at radius 2 is 1.72 bits per heavy atom. The highest BCUT2D eigenvalue weighted by Crippen LogP contribution is 2.20. The number of nitrogens with zero attached hydrogens (tertiary/aromatic N) is 1. The Morgan fingerprint density at radius 1 is 1.03 bits per heavy atom. The van der Waals surface area contributed by atoms with Crippen LogP contribution in [0.25, 0.3) is 0 Å². The molecule has 154 valence electrons. The van der Waals surface area contributed by atoms with Gasteiger partial charge in [0, 0.05) is 30.9 Å². The largest absolute Gasteiger partial charge is 0.434 e. The molecule has 29 heavy (non-hydrogen) atoms. The van der Waals surface area contributed by atoms with Gasteiger partial charge in [0.2, 0.25) is 5.91 Å². The average Bonchev–Trinajstić information content (AvgIpc) is 2.69. The number of amides is 2. The number of alkyl halides is 2. The van der Waals surface area contributed by atoms with Gasteiger partial charge in [-0.3, -0.25) is 19.7 Å². The third-order valence-corrected chi connectivity index (χ3v) is 3.61. The highest BCUT2D eigenvalue weighted by molar-refractivity contribution is 5.98. The van der Waals surface area contributed by atoms with Gasteiger partial charge in [-0.25, -0.2) is 0 Å². The first-order valence-electron chi connectivity index (χ1n) is 8.44. The van der Waals surface area contributed by atoms with Gasteiger partial charge in [0.1, 0.15) is 5.75 Å². The van der Waals surface area contributed by atoms with Crippen molar-refractivity contribution in [1.29, 1.82) is 0 Å². The van der Waals surface area contributed by atoms with Gasteiger partial charge in [-0.2, -0.15) is 8.78 Å². The molecule has 3 N–H and O–H groups in total. The number of anilines is 1. The Balaban J connectivity index is 1.72. The SMILES string of the molecule is O=C(CNC(=O)c1ccccc1OC(F)F)NCCNc1ccc([N+](=O)[O-])cc1. The van der Waals surface area contributed by atoms with Gasteiger partial charge >= 0.3 is 6.61 Å². The molecule has 0 saturated heterocycles. The lowest BCUT2D eigenvalue weighted by Gasteiger charge is -2.11. The molecule has 2 rings (SSSR count). The van der Waals surface area contributed by atoms with E-state index in [0.29, 0.717) is 12.2 Å². The Bertz CT molecular complexity index is 862. The average molecular weight is 408 g/mol. The van der Waals surface area contributed by atoms with Crippen LogP contribution in [0, 0.1) is 10.1 Å². The van der Waals surface area contributed by atoms with Gasteiger partial charge < -0.3 is 20.7 Å². The molecule has 11 heteroatoms. The Labute approximate surface area is 164 Å². The number of non-ortho nitro benzene ring substituents is 1. The fraction of sp³-hybridized carbons (Fsp3) is 0.222. The molecule has 0 aliphatic heterocycles. The van der Waals surface area contributed by atoms with Crippen molar-refractivity contribution in [3.8, 4) is 5.75 Å². The zero-order chi connectivity index (χ0) is 21.2. The molecule has 0 aromatic heterocycles. The molecule has 0 fully saturated rings. The summed E-state index contributed by atoms with van der Waals surface area (Å²) in [6.07, 6.45) is 0. The molecule has 2 aromatic rings. The lowest BCUT2D eigenvalue weighted by molar-refractivity contribution is -0.384. The summed E-state index contributed by atoms with van der Waals surface area (Å²) in [4.78, 5) is 33.9. The smallest absolute Gasteiger partial charge is 0.387 e. The number of benzene rings is 2. The summed E-state index contributed by atoms with van der Waals surface area (Å²) < 4.78 is 29.0. The number of nitrogens with one attached hydrogen (secondary N) is 3. The van der Waals surface area contributed by atoms with E-state index < -0.39 is 23.3 Å². The van der Waals surface area contributed by atoms with Crippen LogP contribution >= 0.6 is 0 Å². The molecule has 0 bridgehead atoms. The van der Waals surface area contributed by atoms with Crippen LogP contribution in [0.4, 0.5) is 20.2 Å². The van der Waals surface area contributed by atoms with Crippen molar-refractivity contribution in [3.05, 3.63) is 64.2 Å². The molecule has 9 nitrogen and oxygen atoms in total. The number of hydrogen-bond acceptors (Lipinski definition) is 6. The predicted octanol–water partition coefficient (Wildman–Crippen LogP) is 2.15. The zero-order valence-electron chi connectivity index (χ0n) is 15.1. The van der Waals surface area contributed by atoms with Crippen LogP contribution in [-0.4, -0.2) is 43.0 Å². The quantitative estimate of drug-likeness (QED) is 0.315. The summed E-state index contributed by atoms with van der Waals surface area (Å²) in [5.41, 5.74) is 0.509. The van der Waals surface area contributed by atoms with E-state index in [0.717, 1.165) is 0 Å². The summed E-state index contributed by atoms with van der Waals surface area (Å²) in [6, 6.07) is 11.2. The van der Waals surface area contributed by atoms with Crippen molar-refractivity contribution in [2.75, 3.05) is 25.0 Å². The van der Waals surface area contributed by atoms with Crippen molar-refractivity contribution in [1.82, 2.24) is 10.6 Å². The van der Waals surface area contributed by atoms with Crippen LogP contribution in [0.15, 0.2) is 48.5 Å². The molecule has 0 radical (unpaired) electrons. The maximum atomic E-state index is 12.4. The topological polar surface area (TPSA) is 123 Å². The van der Waals surface area contributed by atoms with E-state index in [9.17, 15) is 28.5 Å². The lowest BCUT2D eigenvalue weighted by atomic mass is 10.2. The highest BCUT2D eigenvalue weighted by Gasteiger charge is 2.15. The second-order valence-corrected chi connectivity index (χ2v) is 5.64. The normalized spacial score (nSPS) is 10.3. The summed E-state index contributed by atoms with van der Waals surface area (Å²) in [5.74, 6) is -1.48. The van der Waals surface area contributed by atoms with Crippen molar-refractivity contribution >= 4 is 23.2 Å². The molecule has 0 unspecified atom stereocenters. The molecular formula is C18H18F2N4O5. The first-order chi connectivity index (χ1) is 13.9. The number of rotatable bonds is 10. The minimum atomic E-state index is -3.07. The maximum absolute atomic E-state index is 12.4. The third kappa shape index (κ3) is 7.05. The predicted molar refractivity (Wildman–Crippen MR) is 100 cm³/mol. The minimum Gasteiger partial charge on any atom is -0.434 e. The number of halogens is 2. The molecule has 0 aliphatic carbocycles. The molecule has 0 atom stereocenters. The van der Waals surface area contributed by atoms with Crippen LogP contribution in [0.5, 0.6) is 5.75 Å². The van der Waals surface area contributed by atoms with Crippen LogP contribution in [0.1, 0.15) is 10.4 Å². The third-order valence-electron chi connectivity index (χ3n) is 3.61. The monoisotopic (exact) mass is 408 g/mol. The van der Waals surface area contributed by atoms with E-state index in [2.05, 4.69) is 20.7 Å². The van der Waals surface area contributed by atoms with Crippen molar-refractivity contribution in [3.63, 3.8) is 0 Å². The van der Waals surface area contributed by atoms with Crippen molar-refractivity contribution in [2.45, 2.75) is 6.61 Å². The van der Waals surface area contributed by atoms with E-state index in [1.165, 1.54) is 36.4 Å². The number of carbonyl (C=O) groups is 2. The summed E-state index contributed by atoms with van der Waals surface area (Å²) in [7, 11) is 0. The van der Waals surface area contributed by atoms with Gasteiger partial charge in [0.25, 0.3) is 11.6 Å². The Hall–Kier alpha value is -3.76. The van der Waals surface area contributed by atoms with Gasteiger partial charge in [0.05, 0.1) is 17.0 Å². The van der Waals surface area contributed by atoms with Gasteiger partial charge in [-0.05, 0) is 24.3 Å². The van der Waals surface area contributed by atoms with Crippen LogP contribution in [0.2, 0.25) is 0 Å². The van der Waals surface area contributed by atoms with Crippen molar-refractivity contribution in [2.24, 2.45) is 0 Å². The summed E-state index contributed by atoms with van der Waals surface area (Å²) in [5, 5.41) is 18.4. The number of carbonyl (C=O) groups excluding carboxylic acids is 2. The van der Waals surface area contributed by atoms with E-state index >= 15 is 0 Å². The fourth-order valence-electron chi connectivity index (χ4n) is 2.28. The van der Waals surface area contributed by atoms with Crippen molar-refractivity contribution < 1.29 is 28.0 Å². The minimum absolute atomic E-state index is 0.0277. The number of para-hydroxylation sites is 1. The standard InChI is InChI=1S/C18H18F2N4O5/c19-18(20)29-15-4-2-1-3-14(15)17(26)23-11-16(25)22-10-9-21-12-5-7-13(8-6-12)24(27)28/h1-8,18,21H,9-11H2,(H,22,25)(H,23,26). The first kappa shape index (κ1) is 21.5. The molecule has 2 amide bonds. The molecule has 0 aliphatic rings. The van der Waals surface area contributed by atoms with E-state index in [1.54, 1.807) is 12.1 Å².